The lowest BCUT2D eigenvalue weighted by molar-refractivity contribution is 0.103. The molecule has 0 unspecified atom stereocenters. The summed E-state index contributed by atoms with van der Waals surface area (Å²) in [6.07, 6.45) is 1.63. The number of thiophene rings is 1. The number of carbonyl (C=O) groups excluding carboxylic acids is 1. The number of aromatic nitrogens is 2. The van der Waals surface area contributed by atoms with Gasteiger partial charge in [-0.3, -0.25) is 9.48 Å². The summed E-state index contributed by atoms with van der Waals surface area (Å²) in [6, 6.07) is 1.85. The second-order valence-corrected chi connectivity index (χ2v) is 5.98. The van der Waals surface area contributed by atoms with E-state index in [2.05, 4.69) is 21.0 Å². The van der Waals surface area contributed by atoms with E-state index < -0.39 is 0 Å². The molecule has 0 aliphatic rings. The summed E-state index contributed by atoms with van der Waals surface area (Å²) >= 11 is 10.7. The van der Waals surface area contributed by atoms with Crippen LogP contribution in [0, 0.1) is 0 Å². The molecule has 2 aromatic rings. The molecule has 0 amide bonds. The van der Waals surface area contributed by atoms with E-state index in [0.717, 1.165) is 0 Å². The van der Waals surface area contributed by atoms with Crippen LogP contribution in [0.3, 0.4) is 0 Å². The summed E-state index contributed by atoms with van der Waals surface area (Å²) in [5, 5.41) is 6.48. The lowest BCUT2D eigenvalue weighted by atomic mass is 10.2. The molecule has 0 aromatic carbocycles. The number of ketones is 1. The second-order valence-electron chi connectivity index (χ2n) is 3.81. The summed E-state index contributed by atoms with van der Waals surface area (Å²) in [6.45, 7) is 3.96. The van der Waals surface area contributed by atoms with Gasteiger partial charge in [0.1, 0.15) is 5.69 Å². The molecule has 0 spiro atoms. The first-order valence-corrected chi connectivity index (χ1v) is 7.08. The van der Waals surface area contributed by atoms with E-state index in [-0.39, 0.29) is 11.8 Å². The van der Waals surface area contributed by atoms with Crippen LogP contribution < -0.4 is 0 Å². The molecule has 0 saturated heterocycles. The fourth-order valence-corrected chi connectivity index (χ4v) is 3.04. The van der Waals surface area contributed by atoms with E-state index in [9.17, 15) is 4.79 Å². The maximum absolute atomic E-state index is 12.4. The van der Waals surface area contributed by atoms with Crippen molar-refractivity contribution in [1.29, 1.82) is 0 Å². The first-order valence-electron chi connectivity index (χ1n) is 5.03. The highest BCUT2D eigenvalue weighted by Gasteiger charge is 2.23. The Morgan fingerprint density at radius 1 is 1.59 bits per heavy atom. The maximum atomic E-state index is 12.4. The highest BCUT2D eigenvalue weighted by Crippen LogP contribution is 2.29. The Morgan fingerprint density at radius 3 is 2.82 bits per heavy atom. The smallest absolute Gasteiger partial charge is 0.223 e. The maximum Gasteiger partial charge on any atom is 0.223 e. The first kappa shape index (κ1) is 12.8. The molecular formula is C11H10BrClN2OS. The summed E-state index contributed by atoms with van der Waals surface area (Å²) in [5.41, 5.74) is 0.546. The molecular weight excluding hydrogens is 324 g/mol. The van der Waals surface area contributed by atoms with Gasteiger partial charge < -0.3 is 0 Å². The van der Waals surface area contributed by atoms with Crippen molar-refractivity contribution in [2.75, 3.05) is 0 Å². The van der Waals surface area contributed by atoms with Crippen LogP contribution in [-0.4, -0.2) is 15.6 Å². The molecule has 2 heterocycles. The Kier molecular flexibility index (Phi) is 3.70. The molecule has 90 valence electrons. The lowest BCUT2D eigenvalue weighted by Gasteiger charge is -2.09. The predicted molar refractivity (Wildman–Crippen MR) is 73.1 cm³/mol. The number of hydrogen-bond donors (Lipinski definition) is 0. The minimum absolute atomic E-state index is 0.0944. The minimum atomic E-state index is -0.0944. The van der Waals surface area contributed by atoms with Crippen molar-refractivity contribution in [3.05, 3.63) is 37.7 Å². The van der Waals surface area contributed by atoms with Crippen LogP contribution in [0.1, 0.15) is 35.3 Å². The molecule has 6 heteroatoms. The monoisotopic (exact) mass is 332 g/mol. The van der Waals surface area contributed by atoms with Crippen molar-refractivity contribution < 1.29 is 4.79 Å². The Labute approximate surface area is 117 Å². The SMILES string of the molecule is CC(C)n1ncc(Br)c1C(=O)c1sccc1Cl. The van der Waals surface area contributed by atoms with Crippen LogP contribution in [0.4, 0.5) is 0 Å². The zero-order valence-electron chi connectivity index (χ0n) is 9.28. The third kappa shape index (κ3) is 2.32. The predicted octanol–water partition coefficient (Wildman–Crippen LogP) is 4.17. The average molecular weight is 334 g/mol. The van der Waals surface area contributed by atoms with Crippen molar-refractivity contribution in [3.63, 3.8) is 0 Å². The Morgan fingerprint density at radius 2 is 2.29 bits per heavy atom. The van der Waals surface area contributed by atoms with Gasteiger partial charge >= 0.3 is 0 Å². The fraction of sp³-hybridized carbons (Fsp3) is 0.273. The van der Waals surface area contributed by atoms with Gasteiger partial charge in [-0.05, 0) is 41.2 Å². The van der Waals surface area contributed by atoms with Gasteiger partial charge in [-0.2, -0.15) is 5.10 Å². The van der Waals surface area contributed by atoms with Gasteiger partial charge in [0.05, 0.1) is 20.6 Å². The van der Waals surface area contributed by atoms with Crippen LogP contribution in [0.2, 0.25) is 5.02 Å². The second kappa shape index (κ2) is 4.92. The third-order valence-corrected chi connectivity index (χ3v) is 4.20. The van der Waals surface area contributed by atoms with E-state index in [0.29, 0.717) is 20.1 Å². The van der Waals surface area contributed by atoms with Gasteiger partial charge in [-0.1, -0.05) is 11.6 Å². The number of rotatable bonds is 3. The van der Waals surface area contributed by atoms with Crippen molar-refractivity contribution in [1.82, 2.24) is 9.78 Å². The van der Waals surface area contributed by atoms with Gasteiger partial charge in [0.15, 0.2) is 0 Å². The van der Waals surface area contributed by atoms with Crippen molar-refractivity contribution in [2.45, 2.75) is 19.9 Å². The van der Waals surface area contributed by atoms with Crippen molar-refractivity contribution >= 4 is 44.7 Å². The van der Waals surface area contributed by atoms with Crippen LogP contribution in [-0.2, 0) is 0 Å². The number of carbonyl (C=O) groups is 1. The highest BCUT2D eigenvalue weighted by atomic mass is 79.9. The topological polar surface area (TPSA) is 34.9 Å². The van der Waals surface area contributed by atoms with Crippen LogP contribution in [0.15, 0.2) is 22.1 Å². The largest absolute Gasteiger partial charge is 0.286 e. The summed E-state index contributed by atoms with van der Waals surface area (Å²) in [5.74, 6) is -0.0944. The molecule has 0 atom stereocenters. The zero-order valence-corrected chi connectivity index (χ0v) is 12.4. The molecule has 0 radical (unpaired) electrons. The van der Waals surface area contributed by atoms with Crippen molar-refractivity contribution in [2.24, 2.45) is 0 Å². The Balaban J connectivity index is 2.51. The molecule has 0 aliphatic carbocycles. The summed E-state index contributed by atoms with van der Waals surface area (Å²) in [7, 11) is 0. The normalized spacial score (nSPS) is 11.1. The molecule has 0 N–H and O–H groups in total. The molecule has 3 nitrogen and oxygen atoms in total. The quantitative estimate of drug-likeness (QED) is 0.790. The highest BCUT2D eigenvalue weighted by molar-refractivity contribution is 9.10. The van der Waals surface area contributed by atoms with E-state index in [1.54, 1.807) is 22.3 Å². The van der Waals surface area contributed by atoms with Crippen LogP contribution in [0.5, 0.6) is 0 Å². The van der Waals surface area contributed by atoms with Gasteiger partial charge in [-0.25, -0.2) is 0 Å². The minimum Gasteiger partial charge on any atom is -0.286 e. The fourth-order valence-electron chi connectivity index (χ4n) is 1.51. The number of halogens is 2. The van der Waals surface area contributed by atoms with Crippen molar-refractivity contribution in [3.8, 4) is 0 Å². The zero-order chi connectivity index (χ0) is 12.6. The van der Waals surface area contributed by atoms with Crippen LogP contribution >= 0.6 is 38.9 Å². The first-order chi connectivity index (χ1) is 8.02. The van der Waals surface area contributed by atoms with E-state index in [4.69, 9.17) is 11.6 Å². The lowest BCUT2D eigenvalue weighted by Crippen LogP contribution is -2.13. The molecule has 0 fully saturated rings. The number of hydrogen-bond acceptors (Lipinski definition) is 3. The van der Waals surface area contributed by atoms with E-state index in [1.165, 1.54) is 11.3 Å². The third-order valence-electron chi connectivity index (χ3n) is 2.28. The van der Waals surface area contributed by atoms with Gasteiger partial charge in [-0.15, -0.1) is 11.3 Å². The van der Waals surface area contributed by atoms with E-state index in [1.807, 2.05) is 13.8 Å². The molecule has 0 aliphatic heterocycles. The molecule has 0 bridgehead atoms. The van der Waals surface area contributed by atoms with Gasteiger partial charge in [0.2, 0.25) is 5.78 Å². The average Bonchev–Trinajstić information content (AvgIpc) is 2.83. The molecule has 0 saturated carbocycles. The van der Waals surface area contributed by atoms with Crippen LogP contribution in [0.25, 0.3) is 0 Å². The van der Waals surface area contributed by atoms with Gasteiger partial charge in [0, 0.05) is 6.04 Å². The Bertz CT molecular complexity index is 562. The Hall–Kier alpha value is -0.650. The van der Waals surface area contributed by atoms with Gasteiger partial charge in [0.25, 0.3) is 0 Å². The number of nitrogens with zero attached hydrogens (tertiary/aromatic N) is 2. The summed E-state index contributed by atoms with van der Waals surface area (Å²) in [4.78, 5) is 12.9. The van der Waals surface area contributed by atoms with E-state index >= 15 is 0 Å². The molecule has 2 aromatic heterocycles. The molecule has 17 heavy (non-hydrogen) atoms. The summed E-state index contributed by atoms with van der Waals surface area (Å²) < 4.78 is 2.39. The standard InChI is InChI=1S/C11H10BrClN2OS/c1-6(2)15-9(7(12)5-14-15)10(16)11-8(13)3-4-17-11/h3-6H,1-2H3. The molecule has 2 rings (SSSR count).